The largest absolute Gasteiger partial charge is 0.320 e. The topological polar surface area (TPSA) is 65.8 Å². The van der Waals surface area contributed by atoms with Crippen molar-refractivity contribution in [3.8, 4) is 6.07 Å². The summed E-state index contributed by atoms with van der Waals surface area (Å²) in [5, 5.41) is 11.7. The van der Waals surface area contributed by atoms with Crippen LogP contribution >= 0.6 is 22.9 Å². The van der Waals surface area contributed by atoms with Gasteiger partial charge in [-0.15, -0.1) is 11.3 Å². The van der Waals surface area contributed by atoms with Crippen molar-refractivity contribution in [3.63, 3.8) is 0 Å². The van der Waals surface area contributed by atoms with Crippen LogP contribution in [0, 0.1) is 11.3 Å². The first-order valence-corrected chi connectivity index (χ1v) is 5.86. The number of rotatable bonds is 2. The van der Waals surface area contributed by atoms with Gasteiger partial charge in [-0.2, -0.15) is 5.26 Å². The molecule has 4 nitrogen and oxygen atoms in total. The number of nitrogens with zero attached hydrogens (tertiary/aromatic N) is 2. The smallest absolute Gasteiger partial charge is 0.267 e. The van der Waals surface area contributed by atoms with E-state index in [0.717, 1.165) is 0 Å². The molecule has 1 aromatic carbocycles. The van der Waals surface area contributed by atoms with E-state index in [4.69, 9.17) is 16.9 Å². The maximum absolute atomic E-state index is 11.7. The van der Waals surface area contributed by atoms with Crippen molar-refractivity contribution in [3.05, 3.63) is 45.4 Å². The molecule has 0 spiro atoms. The van der Waals surface area contributed by atoms with Gasteiger partial charge in [0.15, 0.2) is 0 Å². The molecule has 1 heterocycles. The van der Waals surface area contributed by atoms with Crippen LogP contribution in [0.2, 0.25) is 5.02 Å². The first-order chi connectivity index (χ1) is 8.20. The van der Waals surface area contributed by atoms with Crippen LogP contribution in [0.1, 0.15) is 15.2 Å². The number of carbonyl (C=O) groups excluding carboxylic acids is 1. The van der Waals surface area contributed by atoms with E-state index in [9.17, 15) is 4.79 Å². The number of carbonyl (C=O) groups is 1. The molecule has 0 atom stereocenters. The van der Waals surface area contributed by atoms with Crippen LogP contribution in [0.25, 0.3) is 0 Å². The summed E-state index contributed by atoms with van der Waals surface area (Å²) in [4.78, 5) is 16.0. The van der Waals surface area contributed by atoms with E-state index in [1.165, 1.54) is 23.6 Å². The fourth-order valence-corrected chi connectivity index (χ4v) is 1.94. The molecule has 6 heteroatoms. The standard InChI is InChI=1S/C11H6ClN3OS/c12-8-3-7(4-13)1-2-9(8)15-11(16)10-5-14-6-17-10/h1-3,5-6H,(H,15,16). The lowest BCUT2D eigenvalue weighted by Crippen LogP contribution is -2.10. The lowest BCUT2D eigenvalue weighted by atomic mass is 10.2. The minimum atomic E-state index is -0.265. The molecule has 0 saturated carbocycles. The fraction of sp³-hybridized carbons (Fsp3) is 0. The summed E-state index contributed by atoms with van der Waals surface area (Å²) in [5.41, 5.74) is 2.50. The molecule has 0 unspecified atom stereocenters. The number of anilines is 1. The number of aromatic nitrogens is 1. The Morgan fingerprint density at radius 1 is 1.53 bits per heavy atom. The van der Waals surface area contributed by atoms with Crippen molar-refractivity contribution in [1.82, 2.24) is 4.98 Å². The molecule has 0 fully saturated rings. The predicted molar refractivity (Wildman–Crippen MR) is 66.2 cm³/mol. The third kappa shape index (κ3) is 2.61. The van der Waals surface area contributed by atoms with Gasteiger partial charge in [0, 0.05) is 0 Å². The number of benzene rings is 1. The van der Waals surface area contributed by atoms with E-state index in [-0.39, 0.29) is 5.91 Å². The summed E-state index contributed by atoms with van der Waals surface area (Å²) in [5.74, 6) is -0.265. The number of nitriles is 1. The van der Waals surface area contributed by atoms with Crippen molar-refractivity contribution in [1.29, 1.82) is 5.26 Å². The highest BCUT2D eigenvalue weighted by Gasteiger charge is 2.10. The highest BCUT2D eigenvalue weighted by atomic mass is 35.5. The van der Waals surface area contributed by atoms with Crippen LogP contribution in [0.4, 0.5) is 5.69 Å². The Morgan fingerprint density at radius 2 is 2.35 bits per heavy atom. The quantitative estimate of drug-likeness (QED) is 0.906. The third-order valence-electron chi connectivity index (χ3n) is 2.00. The van der Waals surface area contributed by atoms with Gasteiger partial charge in [0.25, 0.3) is 5.91 Å². The van der Waals surface area contributed by atoms with Crippen molar-refractivity contribution < 1.29 is 4.79 Å². The van der Waals surface area contributed by atoms with Gasteiger partial charge < -0.3 is 5.32 Å². The molecule has 2 rings (SSSR count). The van der Waals surface area contributed by atoms with Crippen LogP contribution in [0.15, 0.2) is 29.9 Å². The number of hydrogen-bond acceptors (Lipinski definition) is 4. The zero-order valence-corrected chi connectivity index (χ0v) is 10.0. The van der Waals surface area contributed by atoms with Crippen LogP contribution in [0.5, 0.6) is 0 Å². The summed E-state index contributed by atoms with van der Waals surface area (Å²) in [6.45, 7) is 0. The Bertz CT molecular complexity index is 589. The molecule has 0 aliphatic rings. The van der Waals surface area contributed by atoms with Crippen molar-refractivity contribution in [2.45, 2.75) is 0 Å². The predicted octanol–water partition coefficient (Wildman–Crippen LogP) is 2.92. The fourth-order valence-electron chi connectivity index (χ4n) is 1.20. The Balaban J connectivity index is 2.20. The maximum Gasteiger partial charge on any atom is 0.267 e. The molecular weight excluding hydrogens is 258 g/mol. The molecule has 2 aromatic rings. The third-order valence-corrected chi connectivity index (χ3v) is 3.09. The number of amides is 1. The zero-order chi connectivity index (χ0) is 12.3. The number of nitrogens with one attached hydrogen (secondary N) is 1. The van der Waals surface area contributed by atoms with Gasteiger partial charge in [0.1, 0.15) is 4.88 Å². The maximum atomic E-state index is 11.7. The monoisotopic (exact) mass is 263 g/mol. The molecule has 0 radical (unpaired) electrons. The van der Waals surface area contributed by atoms with Gasteiger partial charge >= 0.3 is 0 Å². The van der Waals surface area contributed by atoms with Gasteiger partial charge in [0.2, 0.25) is 0 Å². The molecule has 0 aliphatic heterocycles. The minimum Gasteiger partial charge on any atom is -0.320 e. The van der Waals surface area contributed by atoms with E-state index < -0.39 is 0 Å². The summed E-state index contributed by atoms with van der Waals surface area (Å²) in [6.07, 6.45) is 1.48. The number of thiazole rings is 1. The highest BCUT2D eigenvalue weighted by Crippen LogP contribution is 2.23. The average Bonchev–Trinajstić information content (AvgIpc) is 2.85. The van der Waals surface area contributed by atoms with Gasteiger partial charge in [-0.05, 0) is 18.2 Å². The summed E-state index contributed by atoms with van der Waals surface area (Å²) in [7, 11) is 0. The van der Waals surface area contributed by atoms with E-state index >= 15 is 0 Å². The lowest BCUT2D eigenvalue weighted by Gasteiger charge is -2.05. The SMILES string of the molecule is N#Cc1ccc(NC(=O)c2cncs2)c(Cl)c1. The van der Waals surface area contributed by atoms with Gasteiger partial charge in [-0.1, -0.05) is 11.6 Å². The summed E-state index contributed by atoms with van der Waals surface area (Å²) >= 11 is 7.18. The Labute approximate surface area is 106 Å². The second-order valence-electron chi connectivity index (χ2n) is 3.13. The minimum absolute atomic E-state index is 0.265. The van der Waals surface area contributed by atoms with Gasteiger partial charge in [-0.3, -0.25) is 9.78 Å². The molecule has 0 bridgehead atoms. The number of hydrogen-bond donors (Lipinski definition) is 1. The Morgan fingerprint density at radius 3 is 2.94 bits per heavy atom. The second-order valence-corrected chi connectivity index (χ2v) is 4.42. The van der Waals surface area contributed by atoms with E-state index in [0.29, 0.717) is 21.2 Å². The van der Waals surface area contributed by atoms with Crippen LogP contribution < -0.4 is 5.32 Å². The zero-order valence-electron chi connectivity index (χ0n) is 8.48. The summed E-state index contributed by atoms with van der Waals surface area (Å²) < 4.78 is 0. The van der Waals surface area contributed by atoms with Crippen molar-refractivity contribution in [2.75, 3.05) is 5.32 Å². The molecule has 1 N–H and O–H groups in total. The number of halogens is 1. The van der Waals surface area contributed by atoms with E-state index in [1.807, 2.05) is 6.07 Å². The van der Waals surface area contributed by atoms with Crippen molar-refractivity contribution in [2.24, 2.45) is 0 Å². The summed E-state index contributed by atoms with van der Waals surface area (Å²) in [6, 6.07) is 6.66. The molecule has 1 amide bonds. The molecule has 1 aromatic heterocycles. The van der Waals surface area contributed by atoms with Crippen LogP contribution in [-0.4, -0.2) is 10.9 Å². The molecule has 0 saturated heterocycles. The molecule has 0 aliphatic carbocycles. The van der Waals surface area contributed by atoms with Gasteiger partial charge in [0.05, 0.1) is 34.1 Å². The molecule has 84 valence electrons. The van der Waals surface area contributed by atoms with Crippen molar-refractivity contribution >= 4 is 34.5 Å². The van der Waals surface area contributed by atoms with Gasteiger partial charge in [-0.25, -0.2) is 0 Å². The Hall–Kier alpha value is -1.90. The first kappa shape index (κ1) is 11.6. The van der Waals surface area contributed by atoms with Crippen LogP contribution in [0.3, 0.4) is 0 Å². The molecular formula is C11H6ClN3OS. The average molecular weight is 264 g/mol. The van der Waals surface area contributed by atoms with E-state index in [1.54, 1.807) is 17.6 Å². The van der Waals surface area contributed by atoms with Crippen LogP contribution in [-0.2, 0) is 0 Å². The first-order valence-electron chi connectivity index (χ1n) is 4.60. The molecule has 17 heavy (non-hydrogen) atoms. The normalized spacial score (nSPS) is 9.65. The second kappa shape index (κ2) is 4.95. The highest BCUT2D eigenvalue weighted by molar-refractivity contribution is 7.11. The van der Waals surface area contributed by atoms with E-state index in [2.05, 4.69) is 10.3 Å². The lowest BCUT2D eigenvalue weighted by molar-refractivity contribution is 0.103. The Kier molecular flexibility index (Phi) is 3.38.